The fourth-order valence-electron chi connectivity index (χ4n) is 2.62. The van der Waals surface area contributed by atoms with Gasteiger partial charge in [0.2, 0.25) is 10.0 Å². The summed E-state index contributed by atoms with van der Waals surface area (Å²) in [4.78, 5) is 18.9. The summed E-state index contributed by atoms with van der Waals surface area (Å²) in [5.74, 6) is 0. The quantitative estimate of drug-likeness (QED) is 0.823. The molecule has 0 bridgehead atoms. The van der Waals surface area contributed by atoms with E-state index in [9.17, 15) is 13.2 Å². The maximum Gasteiger partial charge on any atom is 0.323 e. The molecule has 1 aliphatic rings. The minimum Gasteiger partial charge on any atom is -0.306 e. The van der Waals surface area contributed by atoms with Crippen LogP contribution in [0.25, 0.3) is 11.0 Å². The van der Waals surface area contributed by atoms with Crippen molar-refractivity contribution >= 4 is 21.1 Å². The smallest absolute Gasteiger partial charge is 0.306 e. The number of fused-ring (bicyclic) bond motifs is 1. The molecule has 0 spiro atoms. The highest BCUT2D eigenvalue weighted by Gasteiger charge is 2.29. The predicted octanol–water partition coefficient (Wildman–Crippen LogP) is 0.101. The van der Waals surface area contributed by atoms with E-state index in [2.05, 4.69) is 14.9 Å². The lowest BCUT2D eigenvalue weighted by Gasteiger charge is -2.31. The Hall–Kier alpha value is -1.64. The fraction of sp³-hybridized carbons (Fsp3) is 0.462. The Morgan fingerprint density at radius 2 is 1.62 bits per heavy atom. The van der Waals surface area contributed by atoms with E-state index in [1.807, 2.05) is 7.05 Å². The van der Waals surface area contributed by atoms with Crippen molar-refractivity contribution in [2.75, 3.05) is 33.2 Å². The van der Waals surface area contributed by atoms with E-state index in [-0.39, 0.29) is 10.6 Å². The second-order valence-electron chi connectivity index (χ2n) is 5.45. The number of hydrogen-bond donors (Lipinski definition) is 2. The Morgan fingerprint density at radius 1 is 1.05 bits per heavy atom. The molecule has 8 heteroatoms. The Kier molecular flexibility index (Phi) is 3.39. The van der Waals surface area contributed by atoms with Gasteiger partial charge in [-0.1, -0.05) is 0 Å². The molecule has 1 aromatic carbocycles. The summed E-state index contributed by atoms with van der Waals surface area (Å²) < 4.78 is 27.0. The number of sulfonamides is 1. The van der Waals surface area contributed by atoms with Crippen LogP contribution < -0.4 is 5.69 Å². The van der Waals surface area contributed by atoms with Crippen molar-refractivity contribution in [3.63, 3.8) is 0 Å². The maximum atomic E-state index is 12.8. The number of H-pyrrole nitrogens is 2. The molecule has 2 N–H and O–H groups in total. The van der Waals surface area contributed by atoms with E-state index in [0.717, 1.165) is 13.1 Å². The number of benzene rings is 1. The number of nitrogens with zero attached hydrogens (tertiary/aromatic N) is 2. The zero-order valence-electron chi connectivity index (χ0n) is 12.0. The first kappa shape index (κ1) is 14.3. The van der Waals surface area contributed by atoms with Gasteiger partial charge < -0.3 is 14.9 Å². The summed E-state index contributed by atoms with van der Waals surface area (Å²) in [5, 5.41) is 0. The van der Waals surface area contributed by atoms with Gasteiger partial charge >= 0.3 is 5.69 Å². The maximum absolute atomic E-state index is 12.8. The van der Waals surface area contributed by atoms with E-state index >= 15 is 0 Å². The Labute approximate surface area is 122 Å². The van der Waals surface area contributed by atoms with Crippen molar-refractivity contribution < 1.29 is 8.42 Å². The topological polar surface area (TPSA) is 89.3 Å². The summed E-state index contributed by atoms with van der Waals surface area (Å²) in [6.45, 7) is 4.16. The zero-order valence-corrected chi connectivity index (χ0v) is 12.8. The number of aromatic amines is 2. The second-order valence-corrected chi connectivity index (χ2v) is 7.36. The van der Waals surface area contributed by atoms with Crippen LogP contribution in [0, 0.1) is 6.92 Å². The Morgan fingerprint density at radius 3 is 2.24 bits per heavy atom. The molecule has 1 aromatic heterocycles. The molecule has 2 heterocycles. The van der Waals surface area contributed by atoms with Crippen LogP contribution in [0.15, 0.2) is 21.8 Å². The largest absolute Gasteiger partial charge is 0.323 e. The van der Waals surface area contributed by atoms with Gasteiger partial charge in [0.05, 0.1) is 15.9 Å². The Balaban J connectivity index is 2.05. The third-order valence-electron chi connectivity index (χ3n) is 3.89. The number of rotatable bonds is 2. The fourth-order valence-corrected chi connectivity index (χ4v) is 4.27. The third-order valence-corrected chi connectivity index (χ3v) is 5.93. The third kappa shape index (κ3) is 2.50. The molecule has 0 aliphatic carbocycles. The number of nitrogens with one attached hydrogen (secondary N) is 2. The van der Waals surface area contributed by atoms with E-state index in [4.69, 9.17) is 0 Å². The molecular formula is C13H18N4O3S. The molecule has 7 nitrogen and oxygen atoms in total. The molecular weight excluding hydrogens is 292 g/mol. The van der Waals surface area contributed by atoms with Crippen molar-refractivity contribution in [2.24, 2.45) is 0 Å². The molecule has 0 atom stereocenters. The molecule has 1 aliphatic heterocycles. The van der Waals surface area contributed by atoms with Gasteiger partial charge in [0.15, 0.2) is 0 Å². The predicted molar refractivity (Wildman–Crippen MR) is 79.9 cm³/mol. The lowest BCUT2D eigenvalue weighted by molar-refractivity contribution is 0.222. The molecule has 2 aromatic rings. The monoisotopic (exact) mass is 310 g/mol. The van der Waals surface area contributed by atoms with Crippen molar-refractivity contribution in [3.8, 4) is 0 Å². The van der Waals surface area contributed by atoms with E-state index in [1.54, 1.807) is 13.0 Å². The molecule has 1 fully saturated rings. The molecule has 0 unspecified atom stereocenters. The van der Waals surface area contributed by atoms with E-state index < -0.39 is 10.0 Å². The average molecular weight is 310 g/mol. The first-order chi connectivity index (χ1) is 9.88. The number of aryl methyl sites for hydroxylation is 1. The summed E-state index contributed by atoms with van der Waals surface area (Å²) in [5.41, 5.74) is 1.43. The van der Waals surface area contributed by atoms with Gasteiger partial charge in [0.25, 0.3) is 0 Å². The van der Waals surface area contributed by atoms with E-state index in [0.29, 0.717) is 29.7 Å². The molecule has 114 valence electrons. The first-order valence-electron chi connectivity index (χ1n) is 6.79. The lowest BCUT2D eigenvalue weighted by atomic mass is 10.2. The van der Waals surface area contributed by atoms with Crippen molar-refractivity contribution in [1.29, 1.82) is 0 Å². The van der Waals surface area contributed by atoms with Crippen molar-refractivity contribution in [2.45, 2.75) is 11.8 Å². The summed E-state index contributed by atoms with van der Waals surface area (Å²) in [6.07, 6.45) is 0. The van der Waals surface area contributed by atoms with Gasteiger partial charge in [0.1, 0.15) is 0 Å². The lowest BCUT2D eigenvalue weighted by Crippen LogP contribution is -2.47. The molecule has 1 saturated heterocycles. The van der Waals surface area contributed by atoms with Gasteiger partial charge in [-0.2, -0.15) is 4.31 Å². The van der Waals surface area contributed by atoms with Gasteiger partial charge in [0, 0.05) is 26.2 Å². The van der Waals surface area contributed by atoms with Crippen LogP contribution in [0.4, 0.5) is 0 Å². The zero-order chi connectivity index (χ0) is 15.2. The highest BCUT2D eigenvalue weighted by molar-refractivity contribution is 7.89. The minimum atomic E-state index is -3.53. The van der Waals surface area contributed by atoms with Crippen LogP contribution in [0.5, 0.6) is 0 Å². The second kappa shape index (κ2) is 4.97. The van der Waals surface area contributed by atoms with Crippen LogP contribution in [0.1, 0.15) is 5.56 Å². The highest BCUT2D eigenvalue weighted by Crippen LogP contribution is 2.24. The van der Waals surface area contributed by atoms with Crippen LogP contribution in [0.3, 0.4) is 0 Å². The van der Waals surface area contributed by atoms with Crippen LogP contribution in [0.2, 0.25) is 0 Å². The molecule has 0 saturated carbocycles. The number of hydrogen-bond acceptors (Lipinski definition) is 4. The molecule has 0 amide bonds. The average Bonchev–Trinajstić information content (AvgIpc) is 2.77. The van der Waals surface area contributed by atoms with E-state index in [1.165, 1.54) is 10.4 Å². The SMILES string of the molecule is Cc1cc2[nH]c(=O)[nH]c2cc1S(=O)(=O)N1CCN(C)CC1. The first-order valence-corrected chi connectivity index (χ1v) is 8.23. The number of likely N-dealkylation sites (N-methyl/N-ethyl adjacent to an activating group) is 1. The Bertz CT molecular complexity index is 829. The van der Waals surface area contributed by atoms with Gasteiger partial charge in [-0.3, -0.25) is 0 Å². The molecule has 3 rings (SSSR count). The van der Waals surface area contributed by atoms with Crippen LogP contribution in [-0.4, -0.2) is 60.8 Å². The van der Waals surface area contributed by atoms with Gasteiger partial charge in [-0.05, 0) is 31.7 Å². The van der Waals surface area contributed by atoms with Crippen LogP contribution in [-0.2, 0) is 10.0 Å². The van der Waals surface area contributed by atoms with Crippen molar-refractivity contribution in [1.82, 2.24) is 19.2 Å². The van der Waals surface area contributed by atoms with Crippen molar-refractivity contribution in [3.05, 3.63) is 28.2 Å². The number of aromatic nitrogens is 2. The molecule has 0 radical (unpaired) electrons. The number of piperazine rings is 1. The highest BCUT2D eigenvalue weighted by atomic mass is 32.2. The van der Waals surface area contributed by atoms with Gasteiger partial charge in [-0.25, -0.2) is 13.2 Å². The standard InChI is InChI=1S/C13H18N4O3S/c1-9-7-10-11(15-13(18)14-10)8-12(9)21(19,20)17-5-3-16(2)4-6-17/h7-8H,3-6H2,1-2H3,(H2,14,15,18). The summed E-state index contributed by atoms with van der Waals surface area (Å²) in [6, 6.07) is 3.23. The molecule has 21 heavy (non-hydrogen) atoms. The number of imidazole rings is 1. The summed E-state index contributed by atoms with van der Waals surface area (Å²) >= 11 is 0. The normalized spacial score (nSPS) is 18.4. The minimum absolute atomic E-state index is 0.259. The van der Waals surface area contributed by atoms with Gasteiger partial charge in [-0.15, -0.1) is 0 Å². The van der Waals surface area contributed by atoms with Crippen LogP contribution >= 0.6 is 0 Å². The summed E-state index contributed by atoms with van der Waals surface area (Å²) in [7, 11) is -1.55.